The van der Waals surface area contributed by atoms with Crippen molar-refractivity contribution in [3.8, 4) is 17.2 Å². The fourth-order valence-corrected chi connectivity index (χ4v) is 4.00. The molecule has 1 saturated heterocycles. The van der Waals surface area contributed by atoms with E-state index in [-0.39, 0.29) is 5.91 Å². The van der Waals surface area contributed by atoms with Crippen molar-refractivity contribution in [1.29, 1.82) is 0 Å². The Morgan fingerprint density at radius 3 is 2.55 bits per heavy atom. The molecule has 1 amide bonds. The van der Waals surface area contributed by atoms with E-state index in [2.05, 4.69) is 15.9 Å². The van der Waals surface area contributed by atoms with Crippen molar-refractivity contribution in [1.82, 2.24) is 9.80 Å². The Morgan fingerprint density at radius 1 is 1.03 bits per heavy atom. The van der Waals surface area contributed by atoms with Gasteiger partial charge in [0.05, 0.1) is 18.8 Å². The van der Waals surface area contributed by atoms with E-state index in [1.807, 2.05) is 50.4 Å². The highest BCUT2D eigenvalue weighted by Crippen LogP contribution is 2.31. The van der Waals surface area contributed by atoms with Crippen molar-refractivity contribution >= 4 is 11.6 Å². The van der Waals surface area contributed by atoms with Crippen LogP contribution in [0.2, 0.25) is 0 Å². The van der Waals surface area contributed by atoms with Crippen molar-refractivity contribution in [2.45, 2.75) is 13.5 Å². The standard InChI is InChI=1S/C24H31N3O4/c1-3-29-21-7-5-4-6-20(21)27-12-10-26(11-13-27)18-24(28)25(2)17-19-8-9-22-23(16-19)31-15-14-30-22/h4-9,16H,3,10-15,17-18H2,1-2H3. The summed E-state index contributed by atoms with van der Waals surface area (Å²) in [5, 5.41) is 0. The molecular weight excluding hydrogens is 394 g/mol. The van der Waals surface area contributed by atoms with E-state index in [4.69, 9.17) is 14.2 Å². The Morgan fingerprint density at radius 2 is 1.77 bits per heavy atom. The lowest BCUT2D eigenvalue weighted by Crippen LogP contribution is -2.49. The molecule has 7 nitrogen and oxygen atoms in total. The van der Waals surface area contributed by atoms with Gasteiger partial charge in [-0.15, -0.1) is 0 Å². The number of hydrogen-bond donors (Lipinski definition) is 0. The highest BCUT2D eigenvalue weighted by Gasteiger charge is 2.22. The largest absolute Gasteiger partial charge is 0.492 e. The predicted octanol–water partition coefficient (Wildman–Crippen LogP) is 2.64. The lowest BCUT2D eigenvalue weighted by molar-refractivity contribution is -0.131. The molecule has 166 valence electrons. The fourth-order valence-electron chi connectivity index (χ4n) is 4.00. The third kappa shape index (κ3) is 5.22. The van der Waals surface area contributed by atoms with Gasteiger partial charge < -0.3 is 24.0 Å². The number of anilines is 1. The molecular formula is C24H31N3O4. The van der Waals surface area contributed by atoms with Gasteiger partial charge in [-0.05, 0) is 36.8 Å². The number of ether oxygens (including phenoxy) is 3. The molecule has 2 aliphatic rings. The van der Waals surface area contributed by atoms with Gasteiger partial charge in [-0.1, -0.05) is 18.2 Å². The zero-order valence-corrected chi connectivity index (χ0v) is 18.4. The molecule has 0 unspecified atom stereocenters. The van der Waals surface area contributed by atoms with E-state index in [9.17, 15) is 4.79 Å². The molecule has 0 bridgehead atoms. The number of piperazine rings is 1. The molecule has 4 rings (SSSR count). The molecule has 0 spiro atoms. The molecule has 31 heavy (non-hydrogen) atoms. The molecule has 0 N–H and O–H groups in total. The summed E-state index contributed by atoms with van der Waals surface area (Å²) in [5.41, 5.74) is 2.17. The lowest BCUT2D eigenvalue weighted by Gasteiger charge is -2.36. The molecule has 0 aromatic heterocycles. The summed E-state index contributed by atoms with van der Waals surface area (Å²) in [4.78, 5) is 19.1. The van der Waals surface area contributed by atoms with Gasteiger partial charge in [0.15, 0.2) is 11.5 Å². The molecule has 1 fully saturated rings. The van der Waals surface area contributed by atoms with Gasteiger partial charge in [-0.2, -0.15) is 0 Å². The van der Waals surface area contributed by atoms with Crippen LogP contribution in [0.25, 0.3) is 0 Å². The normalized spacial score (nSPS) is 16.1. The van der Waals surface area contributed by atoms with Crippen LogP contribution in [0.5, 0.6) is 17.2 Å². The number of amides is 1. The minimum atomic E-state index is 0.123. The monoisotopic (exact) mass is 425 g/mol. The first-order valence-electron chi connectivity index (χ1n) is 11.0. The van der Waals surface area contributed by atoms with E-state index in [0.717, 1.165) is 54.7 Å². The minimum absolute atomic E-state index is 0.123. The van der Waals surface area contributed by atoms with Gasteiger partial charge in [0, 0.05) is 39.8 Å². The van der Waals surface area contributed by atoms with Crippen LogP contribution < -0.4 is 19.1 Å². The number of carbonyl (C=O) groups excluding carboxylic acids is 1. The first kappa shape index (κ1) is 21.3. The maximum atomic E-state index is 12.8. The second-order valence-electron chi connectivity index (χ2n) is 7.89. The van der Waals surface area contributed by atoms with Crippen molar-refractivity contribution in [2.75, 3.05) is 64.5 Å². The van der Waals surface area contributed by atoms with E-state index < -0.39 is 0 Å². The molecule has 2 aromatic carbocycles. The van der Waals surface area contributed by atoms with Crippen LogP contribution in [-0.2, 0) is 11.3 Å². The minimum Gasteiger partial charge on any atom is -0.492 e. The zero-order chi connectivity index (χ0) is 21.6. The topological polar surface area (TPSA) is 54.5 Å². The van der Waals surface area contributed by atoms with E-state index in [1.165, 1.54) is 0 Å². The van der Waals surface area contributed by atoms with Crippen LogP contribution in [0.4, 0.5) is 5.69 Å². The number of fused-ring (bicyclic) bond motifs is 1. The number of nitrogens with zero attached hydrogens (tertiary/aromatic N) is 3. The summed E-state index contributed by atoms with van der Waals surface area (Å²) in [5.74, 6) is 2.58. The first-order chi connectivity index (χ1) is 15.1. The predicted molar refractivity (Wildman–Crippen MR) is 120 cm³/mol. The summed E-state index contributed by atoms with van der Waals surface area (Å²) < 4.78 is 17.0. The molecule has 0 saturated carbocycles. The van der Waals surface area contributed by atoms with Crippen molar-refractivity contribution < 1.29 is 19.0 Å². The molecule has 7 heteroatoms. The summed E-state index contributed by atoms with van der Waals surface area (Å²) >= 11 is 0. The zero-order valence-electron chi connectivity index (χ0n) is 18.4. The smallest absolute Gasteiger partial charge is 0.236 e. The van der Waals surface area contributed by atoms with Gasteiger partial charge in [-0.3, -0.25) is 9.69 Å². The number of para-hydroxylation sites is 2. The molecule has 0 radical (unpaired) electrons. The van der Waals surface area contributed by atoms with Crippen molar-refractivity contribution in [3.05, 3.63) is 48.0 Å². The Bertz CT molecular complexity index is 896. The van der Waals surface area contributed by atoms with Crippen LogP contribution in [0, 0.1) is 0 Å². The van der Waals surface area contributed by atoms with Gasteiger partial charge in [0.1, 0.15) is 19.0 Å². The second-order valence-corrected chi connectivity index (χ2v) is 7.89. The summed E-state index contributed by atoms with van der Waals surface area (Å²) in [6, 6.07) is 14.0. The number of carbonyl (C=O) groups is 1. The SMILES string of the molecule is CCOc1ccccc1N1CCN(CC(=O)N(C)Cc2ccc3c(c2)OCCO3)CC1. The van der Waals surface area contributed by atoms with Gasteiger partial charge in [0.2, 0.25) is 5.91 Å². The summed E-state index contributed by atoms with van der Waals surface area (Å²) in [6.45, 7) is 8.24. The van der Waals surface area contributed by atoms with Crippen molar-refractivity contribution in [3.63, 3.8) is 0 Å². The van der Waals surface area contributed by atoms with Gasteiger partial charge >= 0.3 is 0 Å². The van der Waals surface area contributed by atoms with Crippen LogP contribution in [0.15, 0.2) is 42.5 Å². The molecule has 2 aliphatic heterocycles. The number of rotatable bonds is 7. The van der Waals surface area contributed by atoms with Crippen molar-refractivity contribution in [2.24, 2.45) is 0 Å². The molecule has 0 aliphatic carbocycles. The van der Waals surface area contributed by atoms with Crippen LogP contribution in [-0.4, -0.2) is 75.3 Å². The van der Waals surface area contributed by atoms with Crippen LogP contribution >= 0.6 is 0 Å². The third-order valence-electron chi connectivity index (χ3n) is 5.69. The second kappa shape index (κ2) is 9.92. The molecule has 2 aromatic rings. The first-order valence-corrected chi connectivity index (χ1v) is 11.0. The van der Waals surface area contributed by atoms with E-state index in [1.54, 1.807) is 4.90 Å². The highest BCUT2D eigenvalue weighted by molar-refractivity contribution is 5.78. The Kier molecular flexibility index (Phi) is 6.82. The quantitative estimate of drug-likeness (QED) is 0.680. The Hall–Kier alpha value is -2.93. The third-order valence-corrected chi connectivity index (χ3v) is 5.69. The van der Waals surface area contributed by atoms with Crippen LogP contribution in [0.1, 0.15) is 12.5 Å². The summed E-state index contributed by atoms with van der Waals surface area (Å²) in [6.07, 6.45) is 0. The van der Waals surface area contributed by atoms with Gasteiger partial charge in [0.25, 0.3) is 0 Å². The fraction of sp³-hybridized carbons (Fsp3) is 0.458. The number of benzene rings is 2. The average molecular weight is 426 g/mol. The number of likely N-dealkylation sites (N-methyl/N-ethyl adjacent to an activating group) is 1. The Labute approximate surface area is 184 Å². The van der Waals surface area contributed by atoms with Gasteiger partial charge in [-0.25, -0.2) is 0 Å². The van der Waals surface area contributed by atoms with E-state index >= 15 is 0 Å². The molecule has 2 heterocycles. The molecule has 0 atom stereocenters. The lowest BCUT2D eigenvalue weighted by atomic mass is 10.2. The summed E-state index contributed by atoms with van der Waals surface area (Å²) in [7, 11) is 1.85. The maximum absolute atomic E-state index is 12.8. The van der Waals surface area contributed by atoms with E-state index in [0.29, 0.717) is 32.9 Å². The maximum Gasteiger partial charge on any atom is 0.236 e. The highest BCUT2D eigenvalue weighted by atomic mass is 16.6. The number of hydrogen-bond acceptors (Lipinski definition) is 6. The Balaban J connectivity index is 1.28. The average Bonchev–Trinajstić information content (AvgIpc) is 2.80. The van der Waals surface area contributed by atoms with Crippen LogP contribution in [0.3, 0.4) is 0 Å².